The van der Waals surface area contributed by atoms with Gasteiger partial charge < -0.3 is 19.3 Å². The standard InChI is InChI=1S/C22H34N2O4S2/c1-22(2,3)28-20(26)15-24(12-11-23(4)5)19(25)16-27-18-9-7-17(8-10-18)21-29-13-6-14-30-21/h7-10,21H,6,11-16H2,1-5H3. The zero-order valence-corrected chi connectivity index (χ0v) is 20.3. The van der Waals surface area contributed by atoms with E-state index in [9.17, 15) is 9.59 Å². The molecule has 168 valence electrons. The molecule has 0 unspecified atom stereocenters. The van der Waals surface area contributed by atoms with Crippen LogP contribution in [0.1, 0.15) is 37.3 Å². The number of benzene rings is 1. The highest BCUT2D eigenvalue weighted by atomic mass is 32.2. The summed E-state index contributed by atoms with van der Waals surface area (Å²) in [5, 5.41) is 0. The van der Waals surface area contributed by atoms with Crippen LogP contribution >= 0.6 is 23.5 Å². The lowest BCUT2D eigenvalue weighted by Gasteiger charge is -2.26. The zero-order valence-electron chi connectivity index (χ0n) is 18.7. The van der Waals surface area contributed by atoms with Crippen LogP contribution in [0.3, 0.4) is 0 Å². The summed E-state index contributed by atoms with van der Waals surface area (Å²) >= 11 is 3.95. The number of amides is 1. The number of rotatable bonds is 9. The minimum absolute atomic E-state index is 0.0810. The van der Waals surface area contributed by atoms with Crippen molar-refractivity contribution in [2.24, 2.45) is 0 Å². The number of nitrogens with zero attached hydrogens (tertiary/aromatic N) is 2. The Bertz CT molecular complexity index is 683. The van der Waals surface area contributed by atoms with Gasteiger partial charge in [0.15, 0.2) is 6.61 Å². The molecule has 1 aliphatic heterocycles. The smallest absolute Gasteiger partial charge is 0.326 e. The third-order valence-electron chi connectivity index (χ3n) is 4.25. The Morgan fingerprint density at radius 1 is 1.07 bits per heavy atom. The van der Waals surface area contributed by atoms with Gasteiger partial charge in [-0.3, -0.25) is 9.59 Å². The normalized spacial score (nSPS) is 15.1. The summed E-state index contributed by atoms with van der Waals surface area (Å²) in [5.74, 6) is 2.41. The van der Waals surface area contributed by atoms with Gasteiger partial charge in [-0.15, -0.1) is 23.5 Å². The quantitative estimate of drug-likeness (QED) is 0.528. The molecule has 1 amide bonds. The topological polar surface area (TPSA) is 59.1 Å². The largest absolute Gasteiger partial charge is 0.484 e. The van der Waals surface area contributed by atoms with E-state index < -0.39 is 11.6 Å². The fourth-order valence-electron chi connectivity index (χ4n) is 2.78. The number of ether oxygens (including phenoxy) is 2. The minimum atomic E-state index is -0.583. The van der Waals surface area contributed by atoms with E-state index in [0.717, 1.165) is 0 Å². The van der Waals surface area contributed by atoms with E-state index in [0.29, 0.717) is 23.4 Å². The van der Waals surface area contributed by atoms with Gasteiger partial charge in [0.05, 0.1) is 4.58 Å². The van der Waals surface area contributed by atoms with Crippen LogP contribution in [-0.4, -0.2) is 79.1 Å². The van der Waals surface area contributed by atoms with Crippen molar-refractivity contribution in [2.75, 3.05) is 51.8 Å². The van der Waals surface area contributed by atoms with Gasteiger partial charge in [-0.25, -0.2) is 0 Å². The number of thioether (sulfide) groups is 2. The third-order valence-corrected chi connectivity index (χ3v) is 7.27. The Kier molecular flexibility index (Phi) is 9.84. The molecular formula is C22H34N2O4S2. The van der Waals surface area contributed by atoms with E-state index in [2.05, 4.69) is 12.1 Å². The monoisotopic (exact) mass is 454 g/mol. The lowest BCUT2D eigenvalue weighted by Crippen LogP contribution is -2.43. The summed E-state index contributed by atoms with van der Waals surface area (Å²) in [7, 11) is 3.86. The van der Waals surface area contributed by atoms with Crippen LogP contribution in [0.2, 0.25) is 0 Å². The van der Waals surface area contributed by atoms with Gasteiger partial charge in [0, 0.05) is 13.1 Å². The molecule has 2 rings (SSSR count). The lowest BCUT2D eigenvalue weighted by molar-refractivity contribution is -0.159. The second-order valence-electron chi connectivity index (χ2n) is 8.49. The van der Waals surface area contributed by atoms with E-state index in [1.807, 2.05) is 75.4 Å². The van der Waals surface area contributed by atoms with Crippen LogP contribution in [0.15, 0.2) is 24.3 Å². The van der Waals surface area contributed by atoms with Crippen molar-refractivity contribution in [1.29, 1.82) is 0 Å². The molecule has 0 radical (unpaired) electrons. The average Bonchev–Trinajstić information content (AvgIpc) is 2.69. The highest BCUT2D eigenvalue weighted by Crippen LogP contribution is 2.43. The van der Waals surface area contributed by atoms with Crippen molar-refractivity contribution < 1.29 is 19.1 Å². The van der Waals surface area contributed by atoms with Gasteiger partial charge in [0.2, 0.25) is 0 Å². The number of esters is 1. The molecule has 0 aliphatic carbocycles. The molecule has 8 heteroatoms. The Balaban J connectivity index is 1.90. The minimum Gasteiger partial charge on any atom is -0.484 e. The maximum absolute atomic E-state index is 12.7. The molecule has 1 aromatic carbocycles. The second-order valence-corrected chi connectivity index (χ2v) is 11.2. The van der Waals surface area contributed by atoms with Gasteiger partial charge in [0.1, 0.15) is 17.9 Å². The SMILES string of the molecule is CN(C)CCN(CC(=O)OC(C)(C)C)C(=O)COc1ccc(C2SCCCS2)cc1. The van der Waals surface area contributed by atoms with E-state index >= 15 is 0 Å². The van der Waals surface area contributed by atoms with Gasteiger partial charge in [0.25, 0.3) is 5.91 Å². The van der Waals surface area contributed by atoms with Crippen molar-refractivity contribution in [1.82, 2.24) is 9.80 Å². The number of carbonyl (C=O) groups is 2. The molecule has 1 aromatic rings. The van der Waals surface area contributed by atoms with Gasteiger partial charge >= 0.3 is 5.97 Å². The first kappa shape index (κ1) is 24.9. The summed E-state index contributed by atoms with van der Waals surface area (Å²) in [4.78, 5) is 28.4. The molecule has 0 aromatic heterocycles. The van der Waals surface area contributed by atoms with Gasteiger partial charge in [-0.1, -0.05) is 12.1 Å². The number of likely N-dealkylation sites (N-methyl/N-ethyl adjacent to an activating group) is 1. The molecule has 0 saturated carbocycles. The number of carbonyl (C=O) groups excluding carboxylic acids is 2. The fraction of sp³-hybridized carbons (Fsp3) is 0.636. The molecule has 0 bridgehead atoms. The summed E-state index contributed by atoms with van der Waals surface area (Å²) in [5.41, 5.74) is 0.696. The molecule has 6 nitrogen and oxygen atoms in total. The van der Waals surface area contributed by atoms with Crippen molar-refractivity contribution >= 4 is 35.4 Å². The molecule has 1 saturated heterocycles. The van der Waals surface area contributed by atoms with Gasteiger partial charge in [-0.05, 0) is 70.5 Å². The lowest BCUT2D eigenvalue weighted by atomic mass is 10.2. The van der Waals surface area contributed by atoms with Crippen molar-refractivity contribution in [3.63, 3.8) is 0 Å². The predicted molar refractivity (Wildman–Crippen MR) is 125 cm³/mol. The van der Waals surface area contributed by atoms with Crippen LogP contribution < -0.4 is 4.74 Å². The Morgan fingerprint density at radius 3 is 2.27 bits per heavy atom. The maximum Gasteiger partial charge on any atom is 0.326 e. The van der Waals surface area contributed by atoms with Crippen molar-refractivity contribution in [2.45, 2.75) is 37.4 Å². The predicted octanol–water partition coefficient (Wildman–Crippen LogP) is 3.67. The van der Waals surface area contributed by atoms with Gasteiger partial charge in [-0.2, -0.15) is 0 Å². The Labute approximate surface area is 189 Å². The van der Waals surface area contributed by atoms with E-state index in [-0.39, 0.29) is 19.1 Å². The first-order chi connectivity index (χ1) is 14.1. The zero-order chi connectivity index (χ0) is 22.1. The Morgan fingerprint density at radius 2 is 1.70 bits per heavy atom. The Hall–Kier alpha value is -1.38. The van der Waals surface area contributed by atoms with Crippen LogP contribution in [0, 0.1) is 0 Å². The third kappa shape index (κ3) is 9.18. The van der Waals surface area contributed by atoms with E-state index in [1.54, 1.807) is 0 Å². The molecule has 1 fully saturated rings. The van der Waals surface area contributed by atoms with Crippen LogP contribution in [-0.2, 0) is 14.3 Å². The fourth-order valence-corrected chi connectivity index (χ4v) is 5.67. The van der Waals surface area contributed by atoms with E-state index in [4.69, 9.17) is 9.47 Å². The molecule has 1 heterocycles. The first-order valence-electron chi connectivity index (χ1n) is 10.2. The van der Waals surface area contributed by atoms with Crippen LogP contribution in [0.4, 0.5) is 0 Å². The highest BCUT2D eigenvalue weighted by Gasteiger charge is 2.23. The maximum atomic E-state index is 12.7. The van der Waals surface area contributed by atoms with Crippen molar-refractivity contribution in [3.8, 4) is 5.75 Å². The number of hydrogen-bond acceptors (Lipinski definition) is 7. The average molecular weight is 455 g/mol. The summed E-state index contributed by atoms with van der Waals surface area (Å²) < 4.78 is 11.6. The summed E-state index contributed by atoms with van der Waals surface area (Å²) in [6, 6.07) is 7.97. The number of hydrogen-bond donors (Lipinski definition) is 0. The highest BCUT2D eigenvalue weighted by molar-refractivity contribution is 8.16. The van der Waals surface area contributed by atoms with E-state index in [1.165, 1.54) is 28.4 Å². The molecule has 1 aliphatic rings. The molecule has 30 heavy (non-hydrogen) atoms. The van der Waals surface area contributed by atoms with Crippen LogP contribution in [0.25, 0.3) is 0 Å². The molecule has 0 atom stereocenters. The molecular weight excluding hydrogens is 420 g/mol. The molecule has 0 N–H and O–H groups in total. The summed E-state index contributed by atoms with van der Waals surface area (Å²) in [6.45, 7) is 6.34. The second kappa shape index (κ2) is 11.9. The first-order valence-corrected chi connectivity index (χ1v) is 12.3. The summed E-state index contributed by atoms with van der Waals surface area (Å²) in [6.07, 6.45) is 1.27. The molecule has 0 spiro atoms. The van der Waals surface area contributed by atoms with Crippen LogP contribution in [0.5, 0.6) is 5.75 Å². The van der Waals surface area contributed by atoms with Crippen molar-refractivity contribution in [3.05, 3.63) is 29.8 Å².